The van der Waals surface area contributed by atoms with Crippen molar-refractivity contribution in [3.05, 3.63) is 12.4 Å². The highest BCUT2D eigenvalue weighted by molar-refractivity contribution is 6.18. The van der Waals surface area contributed by atoms with E-state index >= 15 is 0 Å². The van der Waals surface area contributed by atoms with Gasteiger partial charge in [0.2, 0.25) is 0 Å². The van der Waals surface area contributed by atoms with Crippen molar-refractivity contribution in [2.45, 2.75) is 19.6 Å². The van der Waals surface area contributed by atoms with E-state index in [1.54, 1.807) is 17.1 Å². The van der Waals surface area contributed by atoms with Crippen LogP contribution in [0.4, 0.5) is 0 Å². The maximum atomic E-state index is 10.6. The molecule has 1 aromatic heterocycles. The third kappa shape index (κ3) is 3.42. The summed E-state index contributed by atoms with van der Waals surface area (Å²) in [6.45, 7) is 1.78. The number of ether oxygens (including phenoxy) is 1. The zero-order chi connectivity index (χ0) is 9.68. The zero-order valence-corrected chi connectivity index (χ0v) is 7.94. The van der Waals surface area contributed by atoms with Crippen LogP contribution >= 0.6 is 11.6 Å². The third-order valence-corrected chi connectivity index (χ3v) is 1.71. The molecule has 1 aromatic rings. The predicted molar refractivity (Wildman–Crippen MR) is 46.3 cm³/mol. The van der Waals surface area contributed by atoms with E-state index in [2.05, 4.69) is 10.3 Å². The molecule has 0 radical (unpaired) electrons. The van der Waals surface area contributed by atoms with E-state index < -0.39 is 0 Å². The van der Waals surface area contributed by atoms with Crippen molar-refractivity contribution in [1.29, 1.82) is 0 Å². The Labute approximate surface area is 80.6 Å². The summed E-state index contributed by atoms with van der Waals surface area (Å²) in [6, 6.07) is 0. The first-order valence-electron chi connectivity index (χ1n) is 3.79. The molecule has 1 rings (SSSR count). The number of hydrogen-bond acceptors (Lipinski definition) is 4. The maximum absolute atomic E-state index is 10.6. The quantitative estimate of drug-likeness (QED) is 0.527. The molecular weight excluding hydrogens is 194 g/mol. The van der Waals surface area contributed by atoms with Crippen LogP contribution in [-0.2, 0) is 16.1 Å². The van der Waals surface area contributed by atoms with Crippen LogP contribution in [0, 0.1) is 0 Å². The van der Waals surface area contributed by atoms with Gasteiger partial charge < -0.3 is 4.74 Å². The van der Waals surface area contributed by atoms with E-state index in [1.807, 2.05) is 0 Å². The minimum Gasteiger partial charge on any atom is -0.459 e. The summed E-state index contributed by atoms with van der Waals surface area (Å²) in [5.41, 5.74) is 0. The summed E-state index contributed by atoms with van der Waals surface area (Å²) < 4.78 is 6.48. The van der Waals surface area contributed by atoms with Gasteiger partial charge in [0, 0.05) is 13.1 Å². The molecule has 0 amide bonds. The van der Waals surface area contributed by atoms with Gasteiger partial charge in [-0.3, -0.25) is 4.79 Å². The van der Waals surface area contributed by atoms with E-state index in [1.165, 1.54) is 6.92 Å². The highest BCUT2D eigenvalue weighted by Gasteiger charge is 2.11. The van der Waals surface area contributed by atoms with E-state index in [9.17, 15) is 4.79 Å². The van der Waals surface area contributed by atoms with Gasteiger partial charge in [0.15, 0.2) is 0 Å². The van der Waals surface area contributed by atoms with Crippen molar-refractivity contribution in [1.82, 2.24) is 15.0 Å². The van der Waals surface area contributed by atoms with Crippen LogP contribution in [-0.4, -0.2) is 32.9 Å². The summed E-state index contributed by atoms with van der Waals surface area (Å²) in [7, 11) is 0. The van der Waals surface area contributed by atoms with Gasteiger partial charge in [-0.2, -0.15) is 0 Å². The largest absolute Gasteiger partial charge is 0.459 e. The number of halogens is 1. The second kappa shape index (κ2) is 4.81. The molecule has 0 fully saturated rings. The average Bonchev–Trinajstić information content (AvgIpc) is 2.55. The molecule has 1 atom stereocenters. The Morgan fingerprint density at radius 3 is 3.00 bits per heavy atom. The molecule has 0 aromatic carbocycles. The lowest BCUT2D eigenvalue weighted by Gasteiger charge is -2.12. The number of nitrogens with zero attached hydrogens (tertiary/aromatic N) is 3. The summed E-state index contributed by atoms with van der Waals surface area (Å²) in [5.74, 6) is -0.0924. The lowest BCUT2D eigenvalue weighted by Crippen LogP contribution is -2.24. The van der Waals surface area contributed by atoms with Gasteiger partial charge in [0.25, 0.3) is 0 Å². The van der Waals surface area contributed by atoms with Crippen LogP contribution in [0.15, 0.2) is 12.4 Å². The zero-order valence-electron chi connectivity index (χ0n) is 7.18. The molecule has 5 nitrogen and oxygen atoms in total. The molecule has 0 aliphatic rings. The van der Waals surface area contributed by atoms with Gasteiger partial charge in [-0.05, 0) is 0 Å². The first kappa shape index (κ1) is 9.98. The van der Waals surface area contributed by atoms with Gasteiger partial charge in [-0.1, -0.05) is 5.21 Å². The SMILES string of the molecule is CC(=O)OC(CCl)Cn1ccnn1. The minimum absolute atomic E-state index is 0.249. The van der Waals surface area contributed by atoms with Crippen LogP contribution in [0.25, 0.3) is 0 Å². The number of rotatable bonds is 4. The van der Waals surface area contributed by atoms with Crippen molar-refractivity contribution >= 4 is 17.6 Å². The van der Waals surface area contributed by atoms with Crippen molar-refractivity contribution in [2.24, 2.45) is 0 Å². The molecule has 0 saturated carbocycles. The van der Waals surface area contributed by atoms with E-state index in [0.717, 1.165) is 0 Å². The van der Waals surface area contributed by atoms with E-state index in [0.29, 0.717) is 6.54 Å². The maximum Gasteiger partial charge on any atom is 0.303 e. The van der Waals surface area contributed by atoms with Crippen molar-refractivity contribution < 1.29 is 9.53 Å². The number of esters is 1. The summed E-state index contributed by atoms with van der Waals surface area (Å²) in [6.07, 6.45) is 2.89. The van der Waals surface area contributed by atoms with Gasteiger partial charge in [-0.25, -0.2) is 4.68 Å². The number of aromatic nitrogens is 3. The number of hydrogen-bond donors (Lipinski definition) is 0. The van der Waals surface area contributed by atoms with Crippen LogP contribution in [0.3, 0.4) is 0 Å². The van der Waals surface area contributed by atoms with Gasteiger partial charge in [-0.15, -0.1) is 16.7 Å². The highest BCUT2D eigenvalue weighted by Crippen LogP contribution is 1.99. The van der Waals surface area contributed by atoms with Crippen LogP contribution in [0.5, 0.6) is 0 Å². The van der Waals surface area contributed by atoms with Gasteiger partial charge in [0.1, 0.15) is 6.10 Å². The Bertz CT molecular complexity index is 263. The molecule has 1 unspecified atom stereocenters. The highest BCUT2D eigenvalue weighted by atomic mass is 35.5. The minimum atomic E-state index is -0.346. The Morgan fingerprint density at radius 1 is 1.77 bits per heavy atom. The molecule has 13 heavy (non-hydrogen) atoms. The first-order chi connectivity index (χ1) is 6.22. The number of carbonyl (C=O) groups is 1. The fourth-order valence-electron chi connectivity index (χ4n) is 0.891. The molecule has 72 valence electrons. The van der Waals surface area contributed by atoms with Crippen LogP contribution in [0.2, 0.25) is 0 Å². The monoisotopic (exact) mass is 203 g/mol. The Hall–Kier alpha value is -1.10. The van der Waals surface area contributed by atoms with E-state index in [4.69, 9.17) is 16.3 Å². The van der Waals surface area contributed by atoms with Crippen LogP contribution in [0.1, 0.15) is 6.92 Å². The molecule has 6 heteroatoms. The third-order valence-electron chi connectivity index (χ3n) is 1.37. The molecule has 0 aliphatic heterocycles. The molecule has 0 aliphatic carbocycles. The fraction of sp³-hybridized carbons (Fsp3) is 0.571. The molecule has 0 saturated heterocycles. The first-order valence-corrected chi connectivity index (χ1v) is 4.33. The lowest BCUT2D eigenvalue weighted by molar-refractivity contribution is -0.145. The summed E-state index contributed by atoms with van der Waals surface area (Å²) in [4.78, 5) is 10.6. The Kier molecular flexibility index (Phi) is 3.70. The normalized spacial score (nSPS) is 12.5. The molecule has 0 N–H and O–H groups in total. The van der Waals surface area contributed by atoms with Crippen molar-refractivity contribution in [3.8, 4) is 0 Å². The molecule has 1 heterocycles. The van der Waals surface area contributed by atoms with Crippen LogP contribution < -0.4 is 0 Å². The number of alkyl halides is 1. The smallest absolute Gasteiger partial charge is 0.303 e. The van der Waals surface area contributed by atoms with Crippen molar-refractivity contribution in [3.63, 3.8) is 0 Å². The lowest BCUT2D eigenvalue weighted by atomic mass is 10.4. The fourth-order valence-corrected chi connectivity index (χ4v) is 1.05. The molecule has 0 spiro atoms. The average molecular weight is 204 g/mol. The predicted octanol–water partition coefficient (Wildman–Crippen LogP) is 0.449. The van der Waals surface area contributed by atoms with E-state index in [-0.39, 0.29) is 18.0 Å². The second-order valence-corrected chi connectivity index (χ2v) is 2.82. The number of carbonyl (C=O) groups excluding carboxylic acids is 1. The topological polar surface area (TPSA) is 57.0 Å². The Morgan fingerprint density at radius 2 is 2.54 bits per heavy atom. The second-order valence-electron chi connectivity index (χ2n) is 2.51. The molecular formula is C7H10ClN3O2. The van der Waals surface area contributed by atoms with Gasteiger partial charge in [0.05, 0.1) is 18.6 Å². The molecule has 0 bridgehead atoms. The standard InChI is InChI=1S/C7H10ClN3O2/c1-6(12)13-7(4-8)5-11-3-2-9-10-11/h2-3,7H,4-5H2,1H3. The summed E-state index contributed by atoms with van der Waals surface area (Å²) >= 11 is 5.59. The van der Waals surface area contributed by atoms with Gasteiger partial charge >= 0.3 is 5.97 Å². The van der Waals surface area contributed by atoms with Crippen molar-refractivity contribution in [2.75, 3.05) is 5.88 Å². The Balaban J connectivity index is 2.45. The summed E-state index contributed by atoms with van der Waals surface area (Å²) in [5, 5.41) is 7.35.